The van der Waals surface area contributed by atoms with Crippen molar-refractivity contribution in [3.63, 3.8) is 0 Å². The number of carbonyl (C=O) groups excluding carboxylic acids is 1. The summed E-state index contributed by atoms with van der Waals surface area (Å²) in [6, 6.07) is 11.8. The Bertz CT molecular complexity index is 1200. The van der Waals surface area contributed by atoms with Gasteiger partial charge in [0.25, 0.3) is 0 Å². The summed E-state index contributed by atoms with van der Waals surface area (Å²) in [7, 11) is -3.79. The van der Waals surface area contributed by atoms with E-state index >= 15 is 0 Å². The molecule has 0 saturated carbocycles. The van der Waals surface area contributed by atoms with Gasteiger partial charge in [0.15, 0.2) is 11.5 Å². The normalized spacial score (nSPS) is 14.3. The second-order valence-corrected chi connectivity index (χ2v) is 9.29. The van der Waals surface area contributed by atoms with Crippen molar-refractivity contribution in [3.8, 4) is 17.2 Å². The summed E-state index contributed by atoms with van der Waals surface area (Å²) in [4.78, 5) is 16.3. The Kier molecular flexibility index (Phi) is 6.90. The zero-order valence-electron chi connectivity index (χ0n) is 18.1. The highest BCUT2D eigenvalue weighted by molar-refractivity contribution is 7.89. The Hall–Kier alpha value is -3.44. The molecule has 1 aliphatic rings. The third-order valence-corrected chi connectivity index (χ3v) is 6.59. The molecule has 1 aromatic heterocycles. The van der Waals surface area contributed by atoms with Crippen molar-refractivity contribution in [2.24, 2.45) is 0 Å². The first-order valence-electron chi connectivity index (χ1n) is 10.6. The molecule has 33 heavy (non-hydrogen) atoms. The molecule has 1 amide bonds. The first kappa shape index (κ1) is 22.7. The minimum atomic E-state index is -3.79. The Labute approximate surface area is 192 Å². The van der Waals surface area contributed by atoms with Gasteiger partial charge in [-0.1, -0.05) is 12.1 Å². The van der Waals surface area contributed by atoms with E-state index in [1.165, 1.54) is 18.5 Å². The van der Waals surface area contributed by atoms with Gasteiger partial charge in [0.2, 0.25) is 15.9 Å². The molecule has 2 N–H and O–H groups in total. The van der Waals surface area contributed by atoms with Gasteiger partial charge < -0.3 is 14.8 Å². The molecule has 0 saturated heterocycles. The fraction of sp³-hybridized carbons (Fsp3) is 0.318. The van der Waals surface area contributed by atoms with Crippen LogP contribution in [0.5, 0.6) is 11.5 Å². The molecule has 10 nitrogen and oxygen atoms in total. The zero-order valence-corrected chi connectivity index (χ0v) is 18.9. The molecule has 0 bridgehead atoms. The Morgan fingerprint density at radius 3 is 2.61 bits per heavy atom. The summed E-state index contributed by atoms with van der Waals surface area (Å²) < 4.78 is 40.4. The molecule has 1 unspecified atom stereocenters. The number of benzene rings is 2. The van der Waals surface area contributed by atoms with Crippen LogP contribution in [0.3, 0.4) is 0 Å². The number of ether oxygens (including phenoxy) is 2. The maximum Gasteiger partial charge on any atom is 0.240 e. The maximum atomic E-state index is 12.6. The average molecular weight is 472 g/mol. The van der Waals surface area contributed by atoms with Crippen LogP contribution >= 0.6 is 0 Å². The highest BCUT2D eigenvalue weighted by Crippen LogP contribution is 2.31. The summed E-state index contributed by atoms with van der Waals surface area (Å²) in [5.74, 6) is 0.662. The number of hydrogen-bond acceptors (Lipinski definition) is 7. The summed E-state index contributed by atoms with van der Waals surface area (Å²) in [5, 5.41) is 6.96. The molecule has 11 heteroatoms. The Morgan fingerprint density at radius 2 is 1.88 bits per heavy atom. The number of aromatic nitrogens is 3. The molecule has 1 atom stereocenters. The topological polar surface area (TPSA) is 124 Å². The highest BCUT2D eigenvalue weighted by atomic mass is 32.2. The van der Waals surface area contributed by atoms with Crippen molar-refractivity contribution < 1.29 is 22.7 Å². The van der Waals surface area contributed by atoms with Gasteiger partial charge in [-0.25, -0.2) is 22.8 Å². The van der Waals surface area contributed by atoms with Gasteiger partial charge in [0, 0.05) is 25.5 Å². The summed E-state index contributed by atoms with van der Waals surface area (Å²) in [6.45, 7) is 2.83. The van der Waals surface area contributed by atoms with Crippen LogP contribution in [0.4, 0.5) is 0 Å². The Balaban J connectivity index is 1.28. The van der Waals surface area contributed by atoms with Gasteiger partial charge >= 0.3 is 0 Å². The lowest BCUT2D eigenvalue weighted by Gasteiger charge is -2.15. The van der Waals surface area contributed by atoms with Gasteiger partial charge in [0.1, 0.15) is 12.7 Å². The van der Waals surface area contributed by atoms with Crippen molar-refractivity contribution in [2.75, 3.05) is 19.8 Å². The first-order valence-corrected chi connectivity index (χ1v) is 12.0. The number of carbonyl (C=O) groups is 1. The third-order valence-electron chi connectivity index (χ3n) is 5.13. The number of rotatable bonds is 8. The SMILES string of the molecule is CC(NC(=O)CCNS(=O)(=O)c1ccc2c(c1)OCCCO2)c1ccc(-n2cncn2)cc1. The molecule has 0 fully saturated rings. The summed E-state index contributed by atoms with van der Waals surface area (Å²) >= 11 is 0. The van der Waals surface area contributed by atoms with E-state index in [1.54, 1.807) is 17.1 Å². The minimum Gasteiger partial charge on any atom is -0.490 e. The van der Waals surface area contributed by atoms with E-state index in [4.69, 9.17) is 9.47 Å². The van der Waals surface area contributed by atoms with Crippen molar-refractivity contribution >= 4 is 15.9 Å². The molecule has 174 valence electrons. The number of amides is 1. The van der Waals surface area contributed by atoms with Crippen LogP contribution in [0.2, 0.25) is 0 Å². The van der Waals surface area contributed by atoms with Crippen LogP contribution in [-0.2, 0) is 14.8 Å². The minimum absolute atomic E-state index is 0.00512. The van der Waals surface area contributed by atoms with Crippen LogP contribution in [0.25, 0.3) is 5.69 Å². The fourth-order valence-electron chi connectivity index (χ4n) is 3.35. The molecule has 4 rings (SSSR count). The van der Waals surface area contributed by atoms with E-state index in [0.29, 0.717) is 24.7 Å². The number of nitrogens with one attached hydrogen (secondary N) is 2. The summed E-state index contributed by atoms with van der Waals surface area (Å²) in [5.41, 5.74) is 1.78. The monoisotopic (exact) mass is 471 g/mol. The van der Waals surface area contributed by atoms with Crippen molar-refractivity contribution in [1.29, 1.82) is 0 Å². The largest absolute Gasteiger partial charge is 0.490 e. The third kappa shape index (κ3) is 5.68. The second-order valence-electron chi connectivity index (χ2n) is 7.53. The van der Waals surface area contributed by atoms with E-state index in [9.17, 15) is 13.2 Å². The molecule has 0 spiro atoms. The Morgan fingerprint density at radius 1 is 1.12 bits per heavy atom. The molecule has 1 aliphatic heterocycles. The van der Waals surface area contributed by atoms with E-state index in [2.05, 4.69) is 20.1 Å². The average Bonchev–Trinajstić information content (AvgIpc) is 3.24. The van der Waals surface area contributed by atoms with Gasteiger partial charge in [-0.2, -0.15) is 5.10 Å². The molecule has 0 aliphatic carbocycles. The molecular formula is C22H25N5O5S. The molecule has 0 radical (unpaired) electrons. The smallest absolute Gasteiger partial charge is 0.240 e. The zero-order chi connectivity index (χ0) is 23.3. The van der Waals surface area contributed by atoms with E-state index in [-0.39, 0.29) is 29.8 Å². The van der Waals surface area contributed by atoms with Crippen LogP contribution in [0.15, 0.2) is 60.0 Å². The van der Waals surface area contributed by atoms with Crippen LogP contribution in [0, 0.1) is 0 Å². The van der Waals surface area contributed by atoms with Crippen LogP contribution < -0.4 is 19.5 Å². The van der Waals surface area contributed by atoms with Crippen molar-refractivity contribution in [3.05, 3.63) is 60.7 Å². The van der Waals surface area contributed by atoms with Gasteiger partial charge in [-0.3, -0.25) is 4.79 Å². The quantitative estimate of drug-likeness (QED) is 0.515. The predicted molar refractivity (Wildman–Crippen MR) is 120 cm³/mol. The second kappa shape index (κ2) is 10.0. The van der Waals surface area contributed by atoms with E-state index < -0.39 is 10.0 Å². The van der Waals surface area contributed by atoms with Gasteiger partial charge in [0.05, 0.1) is 29.8 Å². The highest BCUT2D eigenvalue weighted by Gasteiger charge is 2.19. The molecular weight excluding hydrogens is 446 g/mol. The number of hydrogen-bond donors (Lipinski definition) is 2. The van der Waals surface area contributed by atoms with E-state index in [1.807, 2.05) is 31.2 Å². The number of fused-ring (bicyclic) bond motifs is 1. The fourth-order valence-corrected chi connectivity index (χ4v) is 4.39. The maximum absolute atomic E-state index is 12.6. The lowest BCUT2D eigenvalue weighted by molar-refractivity contribution is -0.121. The summed E-state index contributed by atoms with van der Waals surface area (Å²) in [6.07, 6.45) is 3.80. The molecule has 3 aromatic rings. The lowest BCUT2D eigenvalue weighted by Crippen LogP contribution is -2.32. The molecule has 2 aromatic carbocycles. The number of nitrogens with zero attached hydrogens (tertiary/aromatic N) is 3. The van der Waals surface area contributed by atoms with Gasteiger partial charge in [-0.15, -0.1) is 0 Å². The van der Waals surface area contributed by atoms with Crippen LogP contribution in [-0.4, -0.2) is 48.8 Å². The predicted octanol–water partition coefficient (Wildman–Crippen LogP) is 1.97. The van der Waals surface area contributed by atoms with E-state index in [0.717, 1.165) is 17.7 Å². The number of sulfonamides is 1. The standard InChI is InChI=1S/C22H25N5O5S/c1-16(17-3-5-18(6-4-17)27-15-23-14-24-27)26-22(28)9-10-25-33(29,30)19-7-8-20-21(13-19)32-12-2-11-31-20/h3-8,13-16,25H,2,9-12H2,1H3,(H,26,28). The molecule has 2 heterocycles. The van der Waals surface area contributed by atoms with Gasteiger partial charge in [-0.05, 0) is 36.8 Å². The first-order chi connectivity index (χ1) is 15.9. The van der Waals surface area contributed by atoms with Crippen molar-refractivity contribution in [2.45, 2.75) is 30.7 Å². The van der Waals surface area contributed by atoms with Crippen LogP contribution in [0.1, 0.15) is 31.4 Å². The lowest BCUT2D eigenvalue weighted by atomic mass is 10.1. The van der Waals surface area contributed by atoms with Crippen molar-refractivity contribution in [1.82, 2.24) is 24.8 Å².